The number of halogens is 1. The van der Waals surface area contributed by atoms with E-state index in [0.717, 1.165) is 16.8 Å². The zero-order chi connectivity index (χ0) is 12.4. The van der Waals surface area contributed by atoms with E-state index in [1.54, 1.807) is 12.1 Å². The van der Waals surface area contributed by atoms with Gasteiger partial charge in [0.1, 0.15) is 10.9 Å². The summed E-state index contributed by atoms with van der Waals surface area (Å²) in [5.41, 5.74) is 8.16. The highest BCUT2D eigenvalue weighted by Gasteiger charge is 2.09. The molecule has 0 radical (unpaired) electrons. The quantitative estimate of drug-likeness (QED) is 0.802. The highest BCUT2D eigenvalue weighted by atomic mass is 35.5. The van der Waals surface area contributed by atoms with E-state index in [1.807, 2.05) is 19.1 Å². The van der Waals surface area contributed by atoms with Crippen LogP contribution in [0, 0.1) is 6.92 Å². The predicted octanol–water partition coefficient (Wildman–Crippen LogP) is 2.32. The average molecular weight is 250 g/mol. The second kappa shape index (κ2) is 4.59. The number of hydrogen-bond acceptors (Lipinski definition) is 4. The molecule has 1 aromatic carbocycles. The molecule has 5 heteroatoms. The van der Waals surface area contributed by atoms with Crippen molar-refractivity contribution < 1.29 is 5.11 Å². The van der Waals surface area contributed by atoms with Gasteiger partial charge < -0.3 is 10.8 Å². The second-order valence-corrected chi connectivity index (χ2v) is 4.14. The summed E-state index contributed by atoms with van der Waals surface area (Å²) in [6.45, 7) is 1.85. The third-order valence-corrected chi connectivity index (χ3v) is 2.81. The van der Waals surface area contributed by atoms with Crippen LogP contribution in [0.25, 0.3) is 0 Å². The molecule has 88 valence electrons. The first-order valence-electron chi connectivity index (χ1n) is 5.12. The van der Waals surface area contributed by atoms with Crippen molar-refractivity contribution in [3.63, 3.8) is 0 Å². The van der Waals surface area contributed by atoms with Crippen LogP contribution in [0.15, 0.2) is 24.3 Å². The smallest absolute Gasteiger partial charge is 0.221 e. The number of aryl methyl sites for hydroxylation is 1. The Morgan fingerprint density at radius 3 is 2.47 bits per heavy atom. The molecule has 17 heavy (non-hydrogen) atoms. The molecule has 4 nitrogen and oxygen atoms in total. The summed E-state index contributed by atoms with van der Waals surface area (Å²) in [6.07, 6.45) is 0.616. The van der Waals surface area contributed by atoms with Gasteiger partial charge in [-0.3, -0.25) is 0 Å². The molecule has 0 spiro atoms. The Balaban J connectivity index is 2.33. The van der Waals surface area contributed by atoms with Gasteiger partial charge in [0.2, 0.25) is 5.95 Å². The largest absolute Gasteiger partial charge is 0.508 e. The molecule has 0 unspecified atom stereocenters. The van der Waals surface area contributed by atoms with Gasteiger partial charge in [0.25, 0.3) is 0 Å². The average Bonchev–Trinajstić information content (AvgIpc) is 2.26. The lowest BCUT2D eigenvalue weighted by Crippen LogP contribution is -2.03. The van der Waals surface area contributed by atoms with Crippen molar-refractivity contribution in [3.8, 4) is 5.75 Å². The topological polar surface area (TPSA) is 72.0 Å². The Morgan fingerprint density at radius 2 is 1.88 bits per heavy atom. The molecule has 0 bridgehead atoms. The van der Waals surface area contributed by atoms with Crippen molar-refractivity contribution in [3.05, 3.63) is 46.2 Å². The van der Waals surface area contributed by atoms with Crippen LogP contribution in [0.2, 0.25) is 5.15 Å². The summed E-state index contributed by atoms with van der Waals surface area (Å²) in [5.74, 6) is 0.423. The fourth-order valence-corrected chi connectivity index (χ4v) is 1.89. The highest BCUT2D eigenvalue weighted by Crippen LogP contribution is 2.21. The van der Waals surface area contributed by atoms with Gasteiger partial charge in [0, 0.05) is 17.7 Å². The number of nitrogens with two attached hydrogens (primary N) is 1. The molecule has 0 aliphatic rings. The van der Waals surface area contributed by atoms with Gasteiger partial charge in [0.15, 0.2) is 0 Å². The molecule has 0 fully saturated rings. The first kappa shape index (κ1) is 11.7. The number of phenols is 1. The Morgan fingerprint density at radius 1 is 1.24 bits per heavy atom. The van der Waals surface area contributed by atoms with Crippen molar-refractivity contribution in [1.82, 2.24) is 9.97 Å². The molecule has 0 atom stereocenters. The number of anilines is 1. The van der Waals surface area contributed by atoms with Crippen LogP contribution in [0.1, 0.15) is 16.8 Å². The molecular weight excluding hydrogens is 238 g/mol. The van der Waals surface area contributed by atoms with E-state index in [4.69, 9.17) is 17.3 Å². The van der Waals surface area contributed by atoms with E-state index in [-0.39, 0.29) is 11.7 Å². The molecule has 1 aromatic heterocycles. The monoisotopic (exact) mass is 249 g/mol. The van der Waals surface area contributed by atoms with Crippen LogP contribution in [0.5, 0.6) is 5.75 Å². The molecule has 3 N–H and O–H groups in total. The third-order valence-electron chi connectivity index (χ3n) is 2.50. The summed E-state index contributed by atoms with van der Waals surface area (Å²) in [4.78, 5) is 8.01. The first-order valence-corrected chi connectivity index (χ1v) is 5.50. The maximum atomic E-state index is 9.20. The predicted molar refractivity (Wildman–Crippen MR) is 67.1 cm³/mol. The second-order valence-electron chi connectivity index (χ2n) is 3.78. The summed E-state index contributed by atoms with van der Waals surface area (Å²) in [5, 5.41) is 9.58. The summed E-state index contributed by atoms with van der Waals surface area (Å²) in [7, 11) is 0. The maximum absolute atomic E-state index is 9.20. The fraction of sp³-hybridized carbons (Fsp3) is 0.167. The minimum absolute atomic E-state index is 0.182. The van der Waals surface area contributed by atoms with Crippen LogP contribution >= 0.6 is 11.6 Å². The molecule has 2 aromatic rings. The standard InChI is InChI=1S/C12H12ClN3O/c1-7-10(11(13)16-12(14)15-7)6-8-2-4-9(17)5-3-8/h2-5,17H,6H2,1H3,(H2,14,15,16). The van der Waals surface area contributed by atoms with E-state index in [9.17, 15) is 5.11 Å². The van der Waals surface area contributed by atoms with E-state index < -0.39 is 0 Å². The lowest BCUT2D eigenvalue weighted by molar-refractivity contribution is 0.475. The van der Waals surface area contributed by atoms with Crippen molar-refractivity contribution in [1.29, 1.82) is 0 Å². The Hall–Kier alpha value is -1.81. The zero-order valence-corrected chi connectivity index (χ0v) is 10.1. The summed E-state index contributed by atoms with van der Waals surface area (Å²) < 4.78 is 0. The summed E-state index contributed by atoms with van der Waals surface area (Å²) >= 11 is 6.04. The lowest BCUT2D eigenvalue weighted by Gasteiger charge is -2.08. The SMILES string of the molecule is Cc1nc(N)nc(Cl)c1Cc1ccc(O)cc1. The van der Waals surface area contributed by atoms with Gasteiger partial charge in [-0.1, -0.05) is 23.7 Å². The number of hydrogen-bond donors (Lipinski definition) is 2. The van der Waals surface area contributed by atoms with Crippen molar-refractivity contribution >= 4 is 17.5 Å². The minimum Gasteiger partial charge on any atom is -0.508 e. The Kier molecular flexibility index (Phi) is 3.15. The number of phenolic OH excluding ortho intramolecular Hbond substituents is 1. The molecule has 0 aliphatic carbocycles. The zero-order valence-electron chi connectivity index (χ0n) is 9.31. The first-order chi connectivity index (χ1) is 8.06. The van der Waals surface area contributed by atoms with Gasteiger partial charge in [0.05, 0.1) is 0 Å². The lowest BCUT2D eigenvalue weighted by atomic mass is 10.1. The third kappa shape index (κ3) is 2.65. The molecule has 1 heterocycles. The molecule has 0 saturated heterocycles. The molecule has 0 saturated carbocycles. The number of aromatic hydroxyl groups is 1. The summed E-state index contributed by atoms with van der Waals surface area (Å²) in [6, 6.07) is 6.94. The van der Waals surface area contributed by atoms with Gasteiger partial charge >= 0.3 is 0 Å². The van der Waals surface area contributed by atoms with Crippen LogP contribution < -0.4 is 5.73 Å². The van der Waals surface area contributed by atoms with Crippen LogP contribution in [-0.4, -0.2) is 15.1 Å². The highest BCUT2D eigenvalue weighted by molar-refractivity contribution is 6.30. The van der Waals surface area contributed by atoms with Gasteiger partial charge in [-0.15, -0.1) is 0 Å². The number of rotatable bonds is 2. The molecular formula is C12H12ClN3O. The fourth-order valence-electron chi connectivity index (χ4n) is 1.60. The molecule has 2 rings (SSSR count). The van der Waals surface area contributed by atoms with Crippen molar-refractivity contribution in [2.45, 2.75) is 13.3 Å². The van der Waals surface area contributed by atoms with Crippen LogP contribution in [-0.2, 0) is 6.42 Å². The van der Waals surface area contributed by atoms with Gasteiger partial charge in [-0.05, 0) is 24.6 Å². The van der Waals surface area contributed by atoms with Crippen molar-refractivity contribution in [2.75, 3.05) is 5.73 Å². The molecule has 0 aliphatic heterocycles. The van der Waals surface area contributed by atoms with E-state index >= 15 is 0 Å². The van der Waals surface area contributed by atoms with Crippen molar-refractivity contribution in [2.24, 2.45) is 0 Å². The number of benzene rings is 1. The number of nitrogens with zero attached hydrogens (tertiary/aromatic N) is 2. The van der Waals surface area contributed by atoms with Gasteiger partial charge in [-0.25, -0.2) is 9.97 Å². The molecule has 0 amide bonds. The van der Waals surface area contributed by atoms with E-state index in [0.29, 0.717) is 11.6 Å². The number of aromatic nitrogens is 2. The van der Waals surface area contributed by atoms with Crippen LogP contribution in [0.3, 0.4) is 0 Å². The van der Waals surface area contributed by atoms with E-state index in [1.165, 1.54) is 0 Å². The number of nitrogen functional groups attached to an aromatic ring is 1. The maximum Gasteiger partial charge on any atom is 0.221 e. The Labute approximate surface area is 104 Å². The van der Waals surface area contributed by atoms with E-state index in [2.05, 4.69) is 9.97 Å². The minimum atomic E-state index is 0.182. The van der Waals surface area contributed by atoms with Crippen LogP contribution in [0.4, 0.5) is 5.95 Å². The van der Waals surface area contributed by atoms with Gasteiger partial charge in [-0.2, -0.15) is 0 Å². The Bertz CT molecular complexity index is 517. The normalized spacial score (nSPS) is 10.5.